The predicted octanol–water partition coefficient (Wildman–Crippen LogP) is 3.95. The minimum atomic E-state index is 0.239. The third-order valence-electron chi connectivity index (χ3n) is 2.47. The fourth-order valence-electron chi connectivity index (χ4n) is 1.88. The molecule has 0 aliphatic heterocycles. The molecule has 0 aliphatic rings. The number of isocyanates is 1. The van der Waals surface area contributed by atoms with Crippen molar-refractivity contribution in [3.05, 3.63) is 28.7 Å². The molecule has 1 aromatic heterocycles. The molecule has 0 radical (unpaired) electrons. The largest absolute Gasteiger partial charge is 0.322 e. The molecule has 0 saturated carbocycles. The summed E-state index contributed by atoms with van der Waals surface area (Å²) in [5.41, 5.74) is 1.06. The van der Waals surface area contributed by atoms with Crippen molar-refractivity contribution in [1.29, 1.82) is 0 Å². The van der Waals surface area contributed by atoms with Crippen molar-refractivity contribution in [2.45, 2.75) is 19.9 Å². The fourth-order valence-corrected chi connectivity index (χ4v) is 2.45. The minimum Gasteiger partial charge on any atom is -0.322 e. The van der Waals surface area contributed by atoms with Crippen LogP contribution in [0.2, 0.25) is 0 Å². The van der Waals surface area contributed by atoms with Gasteiger partial charge in [-0.05, 0) is 41.9 Å². The second-order valence-corrected chi connectivity index (χ2v) is 4.70. The van der Waals surface area contributed by atoms with Gasteiger partial charge < -0.3 is 4.57 Å². The lowest BCUT2D eigenvalue weighted by Gasteiger charge is -2.12. The van der Waals surface area contributed by atoms with Gasteiger partial charge in [0.2, 0.25) is 6.08 Å². The number of carbonyl (C=O) groups excluding carboxylic acids is 1. The van der Waals surface area contributed by atoms with Crippen molar-refractivity contribution in [2.24, 2.45) is 4.99 Å². The second-order valence-electron chi connectivity index (χ2n) is 3.85. The molecule has 0 bridgehead atoms. The third kappa shape index (κ3) is 1.70. The van der Waals surface area contributed by atoms with Gasteiger partial charge in [-0.3, -0.25) is 0 Å². The Bertz CT molecular complexity index is 580. The van der Waals surface area contributed by atoms with E-state index in [-0.39, 0.29) is 6.04 Å². The molecule has 1 aromatic carbocycles. The Balaban J connectivity index is 2.87. The Morgan fingerprint density at radius 3 is 2.81 bits per heavy atom. The summed E-state index contributed by atoms with van der Waals surface area (Å²) in [7, 11) is 0. The van der Waals surface area contributed by atoms with Crippen molar-refractivity contribution in [3.63, 3.8) is 0 Å². The molecule has 16 heavy (non-hydrogen) atoms. The minimum absolute atomic E-state index is 0.239. The number of halogens is 1. The molecule has 2 aromatic rings. The SMILES string of the molecule is CC(C)n1c(N=C=O)cc2cccc(Br)c21. The maximum Gasteiger partial charge on any atom is 0.242 e. The summed E-state index contributed by atoms with van der Waals surface area (Å²) < 4.78 is 3.02. The highest BCUT2D eigenvalue weighted by molar-refractivity contribution is 9.10. The number of fused-ring (bicyclic) bond motifs is 1. The summed E-state index contributed by atoms with van der Waals surface area (Å²) >= 11 is 3.52. The number of hydrogen-bond donors (Lipinski definition) is 0. The molecule has 1 heterocycles. The van der Waals surface area contributed by atoms with Crippen LogP contribution in [0.15, 0.2) is 33.7 Å². The van der Waals surface area contributed by atoms with E-state index in [9.17, 15) is 4.79 Å². The Morgan fingerprint density at radius 1 is 1.44 bits per heavy atom. The monoisotopic (exact) mass is 278 g/mol. The molecule has 0 aliphatic carbocycles. The van der Waals surface area contributed by atoms with Gasteiger partial charge in [-0.2, -0.15) is 0 Å². The highest BCUT2D eigenvalue weighted by atomic mass is 79.9. The first-order chi connectivity index (χ1) is 7.65. The van der Waals surface area contributed by atoms with E-state index in [1.165, 1.54) is 0 Å². The van der Waals surface area contributed by atoms with Crippen molar-refractivity contribution in [1.82, 2.24) is 4.57 Å². The average molecular weight is 279 g/mol. The van der Waals surface area contributed by atoms with Crippen LogP contribution >= 0.6 is 15.9 Å². The summed E-state index contributed by atoms with van der Waals surface area (Å²) in [4.78, 5) is 14.1. The van der Waals surface area contributed by atoms with E-state index in [0.29, 0.717) is 5.82 Å². The van der Waals surface area contributed by atoms with E-state index < -0.39 is 0 Å². The zero-order valence-electron chi connectivity index (χ0n) is 9.07. The second kappa shape index (κ2) is 4.24. The molecular weight excluding hydrogens is 268 g/mol. The van der Waals surface area contributed by atoms with Gasteiger partial charge in [-0.1, -0.05) is 12.1 Å². The molecule has 82 valence electrons. The first-order valence-corrected chi connectivity index (χ1v) is 5.81. The van der Waals surface area contributed by atoms with Crippen LogP contribution in [-0.4, -0.2) is 10.6 Å². The number of hydrogen-bond acceptors (Lipinski definition) is 2. The lowest BCUT2D eigenvalue weighted by atomic mass is 10.2. The van der Waals surface area contributed by atoms with Crippen LogP contribution < -0.4 is 0 Å². The van der Waals surface area contributed by atoms with Crippen LogP contribution in [0, 0.1) is 0 Å². The number of para-hydroxylation sites is 1. The highest BCUT2D eigenvalue weighted by Crippen LogP contribution is 2.33. The molecule has 0 unspecified atom stereocenters. The van der Waals surface area contributed by atoms with Gasteiger partial charge in [-0.25, -0.2) is 4.79 Å². The predicted molar refractivity (Wildman–Crippen MR) is 67.8 cm³/mol. The molecule has 0 saturated heterocycles. The van der Waals surface area contributed by atoms with E-state index in [4.69, 9.17) is 0 Å². The molecule has 0 fully saturated rings. The van der Waals surface area contributed by atoms with Crippen LogP contribution in [0.4, 0.5) is 5.82 Å². The first kappa shape index (κ1) is 11.1. The Labute approximate surface area is 102 Å². The van der Waals surface area contributed by atoms with Crippen LogP contribution in [0.25, 0.3) is 10.9 Å². The summed E-state index contributed by atoms with van der Waals surface area (Å²) in [6, 6.07) is 8.08. The first-order valence-electron chi connectivity index (χ1n) is 5.02. The number of aromatic nitrogens is 1. The lowest BCUT2D eigenvalue weighted by molar-refractivity contribution is 0.563. The zero-order valence-corrected chi connectivity index (χ0v) is 10.7. The van der Waals surface area contributed by atoms with Crippen LogP contribution in [0.1, 0.15) is 19.9 Å². The highest BCUT2D eigenvalue weighted by Gasteiger charge is 2.12. The molecule has 3 nitrogen and oxygen atoms in total. The summed E-state index contributed by atoms with van der Waals surface area (Å²) in [5.74, 6) is 0.645. The van der Waals surface area contributed by atoms with Gasteiger partial charge in [0, 0.05) is 15.9 Å². The normalized spacial score (nSPS) is 10.8. The number of aliphatic imine (C=N–C) groups is 1. The van der Waals surface area contributed by atoms with Crippen LogP contribution in [0.3, 0.4) is 0 Å². The molecule has 0 amide bonds. The van der Waals surface area contributed by atoms with Crippen LogP contribution in [-0.2, 0) is 4.79 Å². The Morgan fingerprint density at radius 2 is 2.19 bits per heavy atom. The molecule has 0 spiro atoms. The summed E-state index contributed by atoms with van der Waals surface area (Å²) in [6.07, 6.45) is 1.60. The van der Waals surface area contributed by atoms with Crippen molar-refractivity contribution >= 4 is 38.7 Å². The average Bonchev–Trinajstić information content (AvgIpc) is 2.58. The standard InChI is InChI=1S/C12H11BrN2O/c1-8(2)15-11(14-7-16)6-9-4-3-5-10(13)12(9)15/h3-6,8H,1-2H3. The smallest absolute Gasteiger partial charge is 0.242 e. The fraction of sp³-hybridized carbons (Fsp3) is 0.250. The van der Waals surface area contributed by atoms with Crippen LogP contribution in [0.5, 0.6) is 0 Å². The summed E-state index contributed by atoms with van der Waals surface area (Å²) in [6.45, 7) is 4.12. The van der Waals surface area contributed by atoms with Gasteiger partial charge in [0.25, 0.3) is 0 Å². The third-order valence-corrected chi connectivity index (χ3v) is 3.11. The number of nitrogens with zero attached hydrogens (tertiary/aromatic N) is 2. The molecular formula is C12H11BrN2O. The zero-order chi connectivity index (χ0) is 11.7. The number of benzene rings is 1. The van der Waals surface area contributed by atoms with Gasteiger partial charge >= 0.3 is 0 Å². The Kier molecular flexibility index (Phi) is 2.95. The quantitative estimate of drug-likeness (QED) is 0.605. The van der Waals surface area contributed by atoms with Crippen molar-refractivity contribution in [3.8, 4) is 0 Å². The van der Waals surface area contributed by atoms with Gasteiger partial charge in [0.15, 0.2) is 0 Å². The van der Waals surface area contributed by atoms with Gasteiger partial charge in [-0.15, -0.1) is 4.99 Å². The van der Waals surface area contributed by atoms with Crippen molar-refractivity contribution < 1.29 is 4.79 Å². The van der Waals surface area contributed by atoms with Gasteiger partial charge in [0.1, 0.15) is 5.82 Å². The van der Waals surface area contributed by atoms with E-state index in [1.54, 1.807) is 6.08 Å². The van der Waals surface area contributed by atoms with E-state index in [2.05, 4.69) is 34.8 Å². The molecule has 0 atom stereocenters. The van der Waals surface area contributed by atoms with E-state index in [1.807, 2.05) is 28.8 Å². The van der Waals surface area contributed by atoms with E-state index in [0.717, 1.165) is 15.4 Å². The lowest BCUT2D eigenvalue weighted by Crippen LogP contribution is -1.99. The van der Waals surface area contributed by atoms with Crippen molar-refractivity contribution in [2.75, 3.05) is 0 Å². The van der Waals surface area contributed by atoms with E-state index >= 15 is 0 Å². The van der Waals surface area contributed by atoms with Gasteiger partial charge in [0.05, 0.1) is 5.52 Å². The maximum atomic E-state index is 10.4. The molecule has 0 N–H and O–H groups in total. The maximum absolute atomic E-state index is 10.4. The molecule has 4 heteroatoms. The summed E-state index contributed by atoms with van der Waals surface area (Å²) in [5, 5.41) is 1.07. The molecule has 2 rings (SSSR count). The number of rotatable bonds is 2. The topological polar surface area (TPSA) is 34.4 Å². The Hall–Kier alpha value is -1.38.